The number of aliphatic hydroxyl groups is 1. The Labute approximate surface area is 199 Å². The molecule has 0 saturated heterocycles. The number of ether oxygens (including phenoxy) is 4. The SMILES string of the molecule is CCO[C@@H](CCOC(=O)CS)[C@@H](OC(=O)Nc1ccc(C)cc1)c1ccccc1OCCO. The second-order valence-electron chi connectivity index (χ2n) is 7.09. The van der Waals surface area contributed by atoms with E-state index < -0.39 is 24.3 Å². The van der Waals surface area contributed by atoms with Gasteiger partial charge >= 0.3 is 12.1 Å². The molecule has 2 aromatic carbocycles. The molecule has 9 heteroatoms. The van der Waals surface area contributed by atoms with Crippen LogP contribution in [0.4, 0.5) is 10.5 Å². The van der Waals surface area contributed by atoms with Crippen molar-refractivity contribution in [2.24, 2.45) is 0 Å². The molecule has 2 rings (SSSR count). The summed E-state index contributed by atoms with van der Waals surface area (Å²) in [5.41, 5.74) is 2.22. The number of carbonyl (C=O) groups excluding carboxylic acids is 2. The Kier molecular flexibility index (Phi) is 11.6. The van der Waals surface area contributed by atoms with Gasteiger partial charge in [0, 0.05) is 24.3 Å². The minimum Gasteiger partial charge on any atom is -0.491 e. The highest BCUT2D eigenvalue weighted by Crippen LogP contribution is 2.33. The molecular weight excluding hydrogens is 446 g/mol. The monoisotopic (exact) mass is 477 g/mol. The molecule has 0 aliphatic carbocycles. The summed E-state index contributed by atoms with van der Waals surface area (Å²) in [6.07, 6.45) is -1.87. The van der Waals surface area contributed by atoms with E-state index in [4.69, 9.17) is 18.9 Å². The van der Waals surface area contributed by atoms with Crippen molar-refractivity contribution in [3.63, 3.8) is 0 Å². The van der Waals surface area contributed by atoms with Gasteiger partial charge in [0.25, 0.3) is 0 Å². The summed E-state index contributed by atoms with van der Waals surface area (Å²) >= 11 is 3.90. The molecule has 0 radical (unpaired) electrons. The first-order valence-electron chi connectivity index (χ1n) is 10.7. The second-order valence-corrected chi connectivity index (χ2v) is 7.40. The summed E-state index contributed by atoms with van der Waals surface area (Å²) in [7, 11) is 0. The number of hydrogen-bond donors (Lipinski definition) is 3. The van der Waals surface area contributed by atoms with Crippen LogP contribution >= 0.6 is 12.6 Å². The molecule has 0 unspecified atom stereocenters. The van der Waals surface area contributed by atoms with Crippen LogP contribution in [0.2, 0.25) is 0 Å². The third kappa shape index (κ3) is 8.95. The summed E-state index contributed by atoms with van der Waals surface area (Å²) in [5.74, 6) is -0.0256. The molecule has 1 amide bonds. The molecule has 2 N–H and O–H groups in total. The lowest BCUT2D eigenvalue weighted by molar-refractivity contribution is -0.142. The van der Waals surface area contributed by atoms with Crippen LogP contribution in [-0.2, 0) is 19.0 Å². The maximum absolute atomic E-state index is 12.8. The Hall–Kier alpha value is -2.75. The number of esters is 1. The molecule has 180 valence electrons. The topological polar surface area (TPSA) is 103 Å². The quantitative estimate of drug-likeness (QED) is 0.297. The van der Waals surface area contributed by atoms with Crippen LogP contribution in [0.1, 0.15) is 30.6 Å². The molecule has 0 aliphatic heterocycles. The van der Waals surface area contributed by atoms with Gasteiger partial charge in [-0.25, -0.2) is 4.79 Å². The Balaban J connectivity index is 2.28. The van der Waals surface area contributed by atoms with E-state index in [0.29, 0.717) is 23.6 Å². The summed E-state index contributed by atoms with van der Waals surface area (Å²) in [6.45, 7) is 4.12. The highest BCUT2D eigenvalue weighted by Gasteiger charge is 2.30. The average molecular weight is 478 g/mol. The lowest BCUT2D eigenvalue weighted by Gasteiger charge is -2.28. The lowest BCUT2D eigenvalue weighted by Crippen LogP contribution is -2.30. The first kappa shape index (κ1) is 26.5. The van der Waals surface area contributed by atoms with Crippen LogP contribution in [0, 0.1) is 6.92 Å². The summed E-state index contributed by atoms with van der Waals surface area (Å²) in [4.78, 5) is 24.3. The van der Waals surface area contributed by atoms with E-state index >= 15 is 0 Å². The van der Waals surface area contributed by atoms with Crippen molar-refractivity contribution in [1.82, 2.24) is 0 Å². The Bertz CT molecular complexity index is 875. The zero-order valence-corrected chi connectivity index (χ0v) is 19.8. The lowest BCUT2D eigenvalue weighted by atomic mass is 10.0. The van der Waals surface area contributed by atoms with Crippen molar-refractivity contribution >= 4 is 30.4 Å². The summed E-state index contributed by atoms with van der Waals surface area (Å²) in [6, 6.07) is 14.4. The van der Waals surface area contributed by atoms with Crippen LogP contribution in [0.3, 0.4) is 0 Å². The molecule has 8 nitrogen and oxygen atoms in total. The fourth-order valence-electron chi connectivity index (χ4n) is 3.11. The molecule has 0 saturated carbocycles. The Morgan fingerprint density at radius 2 is 1.82 bits per heavy atom. The number of aliphatic hydroxyl groups excluding tert-OH is 1. The first-order valence-corrected chi connectivity index (χ1v) is 11.4. The molecule has 0 spiro atoms. The van der Waals surface area contributed by atoms with Gasteiger partial charge in [0.15, 0.2) is 6.10 Å². The van der Waals surface area contributed by atoms with Crippen LogP contribution in [0.5, 0.6) is 5.75 Å². The number of rotatable bonds is 13. The maximum Gasteiger partial charge on any atom is 0.412 e. The standard InChI is InChI=1S/C24H31NO7S/c1-3-29-21(12-14-31-22(27)16-33)23(19-6-4-5-7-20(19)30-15-13-26)32-24(28)25-18-10-8-17(2)9-11-18/h4-11,21,23,26,33H,3,12-16H2,1-2H3,(H,25,28)/t21-,23-/m0/s1. The zero-order valence-electron chi connectivity index (χ0n) is 18.9. The van der Waals surface area contributed by atoms with E-state index in [0.717, 1.165) is 5.56 Å². The number of thiol groups is 1. The van der Waals surface area contributed by atoms with E-state index in [9.17, 15) is 14.7 Å². The van der Waals surface area contributed by atoms with E-state index in [1.54, 1.807) is 36.4 Å². The number of carbonyl (C=O) groups is 2. The molecule has 0 fully saturated rings. The molecule has 0 heterocycles. The van der Waals surface area contributed by atoms with E-state index in [-0.39, 0.29) is 32.0 Å². The molecule has 0 aliphatic rings. The predicted octanol–water partition coefficient (Wildman–Crippen LogP) is 3.92. The number of hydrogen-bond acceptors (Lipinski definition) is 8. The normalized spacial score (nSPS) is 12.5. The van der Waals surface area contributed by atoms with Gasteiger partial charge in [0.05, 0.1) is 19.0 Å². The van der Waals surface area contributed by atoms with Crippen molar-refractivity contribution in [2.45, 2.75) is 32.5 Å². The van der Waals surface area contributed by atoms with Crippen molar-refractivity contribution < 1.29 is 33.6 Å². The summed E-state index contributed by atoms with van der Waals surface area (Å²) < 4.78 is 22.5. The van der Waals surface area contributed by atoms with Crippen molar-refractivity contribution in [1.29, 1.82) is 0 Å². The first-order chi connectivity index (χ1) is 16.0. The van der Waals surface area contributed by atoms with Crippen molar-refractivity contribution in [3.05, 3.63) is 59.7 Å². The zero-order chi connectivity index (χ0) is 24.1. The van der Waals surface area contributed by atoms with Gasteiger partial charge in [-0.15, -0.1) is 0 Å². The molecule has 2 atom stereocenters. The predicted molar refractivity (Wildman–Crippen MR) is 128 cm³/mol. The number of anilines is 1. The minimum absolute atomic E-state index is 0.0317. The maximum atomic E-state index is 12.8. The van der Waals surface area contributed by atoms with Crippen LogP contribution in [-0.4, -0.2) is 55.5 Å². The van der Waals surface area contributed by atoms with E-state index in [1.165, 1.54) is 0 Å². The molecular formula is C24H31NO7S. The number of nitrogens with one attached hydrogen (secondary N) is 1. The molecule has 0 bridgehead atoms. The van der Waals surface area contributed by atoms with E-state index in [1.807, 2.05) is 26.0 Å². The summed E-state index contributed by atoms with van der Waals surface area (Å²) in [5, 5.41) is 11.9. The van der Waals surface area contributed by atoms with Crippen molar-refractivity contribution in [2.75, 3.05) is 37.5 Å². The highest BCUT2D eigenvalue weighted by atomic mass is 32.1. The number of para-hydroxylation sites is 1. The number of amides is 1. The largest absolute Gasteiger partial charge is 0.491 e. The fourth-order valence-corrected chi connectivity index (χ4v) is 3.20. The van der Waals surface area contributed by atoms with Gasteiger partial charge < -0.3 is 24.1 Å². The third-order valence-electron chi connectivity index (χ3n) is 4.62. The van der Waals surface area contributed by atoms with Crippen LogP contribution in [0.25, 0.3) is 0 Å². The van der Waals surface area contributed by atoms with Gasteiger partial charge in [0.2, 0.25) is 0 Å². The van der Waals surface area contributed by atoms with Gasteiger partial charge in [-0.2, -0.15) is 12.6 Å². The van der Waals surface area contributed by atoms with Gasteiger partial charge in [-0.3, -0.25) is 10.1 Å². The fraction of sp³-hybridized carbons (Fsp3) is 0.417. The molecule has 2 aromatic rings. The molecule has 33 heavy (non-hydrogen) atoms. The smallest absolute Gasteiger partial charge is 0.412 e. The van der Waals surface area contributed by atoms with Crippen LogP contribution < -0.4 is 10.1 Å². The van der Waals surface area contributed by atoms with Crippen LogP contribution in [0.15, 0.2) is 48.5 Å². The highest BCUT2D eigenvalue weighted by molar-refractivity contribution is 7.81. The number of benzene rings is 2. The van der Waals surface area contributed by atoms with Gasteiger partial charge in [0.1, 0.15) is 18.5 Å². The van der Waals surface area contributed by atoms with Gasteiger partial charge in [-0.05, 0) is 32.0 Å². The van der Waals surface area contributed by atoms with E-state index in [2.05, 4.69) is 17.9 Å². The van der Waals surface area contributed by atoms with Crippen molar-refractivity contribution in [3.8, 4) is 5.75 Å². The molecule has 0 aromatic heterocycles. The average Bonchev–Trinajstić information content (AvgIpc) is 2.82. The van der Waals surface area contributed by atoms with Gasteiger partial charge in [-0.1, -0.05) is 35.9 Å². The number of aryl methyl sites for hydroxylation is 1. The third-order valence-corrected chi connectivity index (χ3v) is 4.88. The Morgan fingerprint density at radius 1 is 1.09 bits per heavy atom. The Morgan fingerprint density at radius 3 is 2.48 bits per heavy atom. The minimum atomic E-state index is -0.861. The second kappa shape index (κ2) is 14.4.